The number of rotatable bonds is 8. The molecule has 1 aliphatic heterocycles. The van der Waals surface area contributed by atoms with Crippen LogP contribution in [0.5, 0.6) is 17.2 Å². The number of hydrogen-bond acceptors (Lipinski definition) is 5. The molecule has 3 rings (SSSR count). The average Bonchev–Trinajstić information content (AvgIpc) is 3.08. The summed E-state index contributed by atoms with van der Waals surface area (Å²) in [5.74, 6) is 2.11. The minimum Gasteiger partial charge on any atom is -0.493 e. The van der Waals surface area contributed by atoms with Crippen molar-refractivity contribution in [2.24, 2.45) is 0 Å². The van der Waals surface area contributed by atoms with E-state index >= 15 is 0 Å². The molecule has 0 spiro atoms. The van der Waals surface area contributed by atoms with E-state index in [1.165, 1.54) is 9.80 Å². The van der Waals surface area contributed by atoms with Crippen molar-refractivity contribution in [3.8, 4) is 17.2 Å². The van der Waals surface area contributed by atoms with Crippen LogP contribution < -0.4 is 24.0 Å². The van der Waals surface area contributed by atoms with Gasteiger partial charge in [0.25, 0.3) is 0 Å². The second kappa shape index (κ2) is 9.40. The molecule has 0 saturated carbocycles. The minimum atomic E-state index is 0.659. The molecule has 1 fully saturated rings. The van der Waals surface area contributed by atoms with Gasteiger partial charge in [0.1, 0.15) is 39.1 Å². The van der Waals surface area contributed by atoms with E-state index < -0.39 is 0 Å². The first-order chi connectivity index (χ1) is 13.6. The Bertz CT molecular complexity index is 843. The standard InChI is InChI=1S/C19H29N5O3S/c1-5-23-13-20-24(19(23)28)14-22-10-8-21(9-11-22)12-15-6-7-16(25-2)18(27-4)17(15)26-3/h6-7,13H,5,8-12,14H2,1-4H3/p+2. The molecule has 2 aromatic rings. The maximum atomic E-state index is 5.63. The Morgan fingerprint density at radius 3 is 2.25 bits per heavy atom. The molecule has 0 amide bonds. The largest absolute Gasteiger partial charge is 0.493 e. The summed E-state index contributed by atoms with van der Waals surface area (Å²) in [6.45, 7) is 9.04. The normalized spacial score (nSPS) is 19.4. The Labute approximate surface area is 171 Å². The third-order valence-electron chi connectivity index (χ3n) is 5.40. The van der Waals surface area contributed by atoms with E-state index in [0.717, 1.165) is 62.0 Å². The summed E-state index contributed by atoms with van der Waals surface area (Å²) in [4.78, 5) is 3.05. The van der Waals surface area contributed by atoms with Crippen LogP contribution in [0.4, 0.5) is 0 Å². The molecule has 1 aromatic heterocycles. The van der Waals surface area contributed by atoms with E-state index in [-0.39, 0.29) is 0 Å². The fraction of sp³-hybridized carbons (Fsp3) is 0.579. The summed E-state index contributed by atoms with van der Waals surface area (Å²) in [5.41, 5.74) is 1.14. The summed E-state index contributed by atoms with van der Waals surface area (Å²) in [6, 6.07) is 4.02. The Kier molecular flexibility index (Phi) is 6.93. The molecule has 0 radical (unpaired) electrons. The van der Waals surface area contributed by atoms with Crippen molar-refractivity contribution < 1.29 is 24.0 Å². The number of nitrogens with one attached hydrogen (secondary N) is 2. The quantitative estimate of drug-likeness (QED) is 0.571. The number of piperazine rings is 1. The molecule has 154 valence electrons. The van der Waals surface area contributed by atoms with Gasteiger partial charge in [-0.05, 0) is 31.3 Å². The minimum absolute atomic E-state index is 0.659. The van der Waals surface area contributed by atoms with Gasteiger partial charge in [-0.3, -0.25) is 0 Å². The second-order valence-electron chi connectivity index (χ2n) is 7.03. The van der Waals surface area contributed by atoms with Crippen molar-refractivity contribution in [2.45, 2.75) is 26.7 Å². The summed E-state index contributed by atoms with van der Waals surface area (Å²) in [7, 11) is 4.96. The highest BCUT2D eigenvalue weighted by Gasteiger charge is 2.26. The number of methoxy groups -OCH3 is 3. The number of nitrogens with zero attached hydrogens (tertiary/aromatic N) is 3. The predicted molar refractivity (Wildman–Crippen MR) is 108 cm³/mol. The number of aromatic nitrogens is 3. The highest BCUT2D eigenvalue weighted by molar-refractivity contribution is 7.71. The zero-order valence-electron chi connectivity index (χ0n) is 17.2. The third kappa shape index (κ3) is 4.31. The average molecular weight is 410 g/mol. The highest BCUT2D eigenvalue weighted by Crippen LogP contribution is 2.39. The summed E-state index contributed by atoms with van der Waals surface area (Å²) < 4.78 is 21.3. The van der Waals surface area contributed by atoms with Crippen molar-refractivity contribution in [2.75, 3.05) is 47.5 Å². The molecule has 1 aromatic carbocycles. The molecule has 1 aliphatic rings. The van der Waals surface area contributed by atoms with Crippen LogP contribution in [0.2, 0.25) is 0 Å². The van der Waals surface area contributed by atoms with Crippen LogP contribution in [0.3, 0.4) is 0 Å². The summed E-state index contributed by atoms with van der Waals surface area (Å²) >= 11 is 5.48. The molecule has 0 unspecified atom stereocenters. The fourth-order valence-electron chi connectivity index (χ4n) is 3.77. The van der Waals surface area contributed by atoms with Crippen LogP contribution in [0, 0.1) is 4.77 Å². The van der Waals surface area contributed by atoms with Gasteiger partial charge in [-0.25, -0.2) is 0 Å². The zero-order chi connectivity index (χ0) is 20.1. The summed E-state index contributed by atoms with van der Waals surface area (Å²) in [5, 5.41) is 4.43. The third-order valence-corrected chi connectivity index (χ3v) is 5.85. The van der Waals surface area contributed by atoms with Crippen molar-refractivity contribution in [1.82, 2.24) is 14.3 Å². The van der Waals surface area contributed by atoms with Gasteiger partial charge in [0.2, 0.25) is 10.5 Å². The Morgan fingerprint density at radius 1 is 1.00 bits per heavy atom. The molecule has 2 heterocycles. The molecule has 0 atom stereocenters. The molecule has 2 N–H and O–H groups in total. The number of benzene rings is 1. The Morgan fingerprint density at radius 2 is 1.68 bits per heavy atom. The number of quaternary nitrogens is 2. The van der Waals surface area contributed by atoms with Gasteiger partial charge in [-0.15, -0.1) is 0 Å². The molecular weight excluding hydrogens is 378 g/mol. The van der Waals surface area contributed by atoms with Crippen LogP contribution >= 0.6 is 12.2 Å². The fourth-order valence-corrected chi connectivity index (χ4v) is 4.06. The first-order valence-corrected chi connectivity index (χ1v) is 10.1. The lowest BCUT2D eigenvalue weighted by Crippen LogP contribution is -3.27. The zero-order valence-corrected chi connectivity index (χ0v) is 18.0. The van der Waals surface area contributed by atoms with Crippen molar-refractivity contribution in [1.29, 1.82) is 0 Å². The van der Waals surface area contributed by atoms with Gasteiger partial charge in [-0.2, -0.15) is 9.78 Å². The molecule has 9 heteroatoms. The van der Waals surface area contributed by atoms with Crippen molar-refractivity contribution in [3.63, 3.8) is 0 Å². The maximum absolute atomic E-state index is 5.63. The Hall–Kier alpha value is -2.10. The van der Waals surface area contributed by atoms with Gasteiger partial charge in [0.15, 0.2) is 18.2 Å². The maximum Gasteiger partial charge on any atom is 0.203 e. The number of ether oxygens (including phenoxy) is 3. The Balaban J connectivity index is 1.61. The first-order valence-electron chi connectivity index (χ1n) is 9.68. The predicted octanol–water partition coefficient (Wildman–Crippen LogP) is -0.599. The topological polar surface area (TPSA) is 59.3 Å². The molecule has 1 saturated heterocycles. The molecule has 0 aliphatic carbocycles. The second-order valence-corrected chi connectivity index (χ2v) is 7.39. The van der Waals surface area contributed by atoms with E-state index in [9.17, 15) is 0 Å². The lowest BCUT2D eigenvalue weighted by atomic mass is 10.1. The van der Waals surface area contributed by atoms with E-state index in [1.54, 1.807) is 21.3 Å². The van der Waals surface area contributed by atoms with Gasteiger partial charge in [0.05, 0.1) is 26.9 Å². The van der Waals surface area contributed by atoms with Crippen LogP contribution in [-0.4, -0.2) is 61.9 Å². The number of aryl methyl sites for hydroxylation is 1. The van der Waals surface area contributed by atoms with E-state index in [2.05, 4.69) is 18.1 Å². The van der Waals surface area contributed by atoms with E-state index in [1.807, 2.05) is 21.6 Å². The van der Waals surface area contributed by atoms with Crippen LogP contribution in [-0.2, 0) is 19.8 Å². The molecule has 8 nitrogen and oxygen atoms in total. The first kappa shape index (κ1) is 20.6. The van der Waals surface area contributed by atoms with E-state index in [4.69, 9.17) is 26.4 Å². The molecular formula is C19H31N5O3S+2. The number of hydrogen-bond donors (Lipinski definition) is 2. The van der Waals surface area contributed by atoms with Gasteiger partial charge >= 0.3 is 0 Å². The monoisotopic (exact) mass is 409 g/mol. The van der Waals surface area contributed by atoms with Gasteiger partial charge in [0, 0.05) is 6.54 Å². The van der Waals surface area contributed by atoms with Crippen LogP contribution in [0.15, 0.2) is 18.5 Å². The van der Waals surface area contributed by atoms with Crippen LogP contribution in [0.1, 0.15) is 12.5 Å². The molecule has 28 heavy (non-hydrogen) atoms. The lowest BCUT2D eigenvalue weighted by molar-refractivity contribution is -1.03. The lowest BCUT2D eigenvalue weighted by Gasteiger charge is -2.30. The van der Waals surface area contributed by atoms with E-state index in [0.29, 0.717) is 11.5 Å². The van der Waals surface area contributed by atoms with Crippen molar-refractivity contribution in [3.05, 3.63) is 28.8 Å². The van der Waals surface area contributed by atoms with Gasteiger partial charge in [-0.1, -0.05) is 0 Å². The van der Waals surface area contributed by atoms with Crippen LogP contribution in [0.25, 0.3) is 0 Å². The highest BCUT2D eigenvalue weighted by atomic mass is 32.1. The summed E-state index contributed by atoms with van der Waals surface area (Å²) in [6.07, 6.45) is 1.83. The van der Waals surface area contributed by atoms with Gasteiger partial charge < -0.3 is 28.6 Å². The molecule has 0 bridgehead atoms. The SMILES string of the molecule is CCn1cnn(C[NH+]2CC[NH+](Cc3ccc(OC)c(OC)c3OC)CC2)c1=S. The smallest absolute Gasteiger partial charge is 0.203 e. The van der Waals surface area contributed by atoms with Crippen molar-refractivity contribution >= 4 is 12.2 Å².